The number of halogens is 1. The van der Waals surface area contributed by atoms with Gasteiger partial charge in [-0.15, -0.1) is 12.4 Å². The van der Waals surface area contributed by atoms with Gasteiger partial charge >= 0.3 is 0 Å². The van der Waals surface area contributed by atoms with Gasteiger partial charge in [0.2, 0.25) is 0 Å². The molecule has 0 heterocycles. The smallest absolute Gasteiger partial charge is 0.269 e. The van der Waals surface area contributed by atoms with Crippen LogP contribution in [-0.2, 0) is 6.54 Å². The summed E-state index contributed by atoms with van der Waals surface area (Å²) in [6, 6.07) is 6.67. The van der Waals surface area contributed by atoms with E-state index in [4.69, 9.17) is 0 Å². The molecular weight excluding hydrogens is 240 g/mol. The van der Waals surface area contributed by atoms with Gasteiger partial charge in [0.1, 0.15) is 0 Å². The van der Waals surface area contributed by atoms with Crippen molar-refractivity contribution in [3.05, 3.63) is 39.9 Å². The minimum atomic E-state index is -0.379. The van der Waals surface area contributed by atoms with Gasteiger partial charge in [0.15, 0.2) is 0 Å². The summed E-state index contributed by atoms with van der Waals surface area (Å²) in [6.07, 6.45) is 1.15. The van der Waals surface area contributed by atoms with Gasteiger partial charge in [-0.3, -0.25) is 10.1 Å². The van der Waals surface area contributed by atoms with Gasteiger partial charge in [-0.25, -0.2) is 0 Å². The number of nitrogens with zero attached hydrogens (tertiary/aromatic N) is 1. The van der Waals surface area contributed by atoms with Crippen LogP contribution in [0.3, 0.4) is 0 Å². The first-order chi connectivity index (χ1) is 7.59. The number of rotatable bonds is 6. The average Bonchev–Trinajstić information content (AvgIpc) is 2.25. The summed E-state index contributed by atoms with van der Waals surface area (Å²) in [5.74, 6) is 0.698. The van der Waals surface area contributed by atoms with Crippen molar-refractivity contribution in [2.45, 2.75) is 26.8 Å². The van der Waals surface area contributed by atoms with Gasteiger partial charge in [0.05, 0.1) is 4.92 Å². The van der Waals surface area contributed by atoms with E-state index in [2.05, 4.69) is 19.2 Å². The number of hydrogen-bond acceptors (Lipinski definition) is 3. The molecule has 1 aromatic rings. The van der Waals surface area contributed by atoms with Crippen LogP contribution >= 0.6 is 12.4 Å². The lowest BCUT2D eigenvalue weighted by molar-refractivity contribution is -0.384. The van der Waals surface area contributed by atoms with Crippen molar-refractivity contribution in [3.8, 4) is 0 Å². The first-order valence-electron chi connectivity index (χ1n) is 5.53. The molecule has 0 aliphatic carbocycles. The second-order valence-electron chi connectivity index (χ2n) is 4.28. The normalized spacial score (nSPS) is 10.1. The highest BCUT2D eigenvalue weighted by Crippen LogP contribution is 2.11. The molecule has 0 saturated heterocycles. The molecule has 0 spiro atoms. The molecule has 0 amide bonds. The molecule has 1 N–H and O–H groups in total. The van der Waals surface area contributed by atoms with Gasteiger partial charge in [-0.05, 0) is 24.4 Å². The zero-order valence-electron chi connectivity index (χ0n) is 10.2. The third-order valence-electron chi connectivity index (χ3n) is 2.37. The predicted octanol–water partition coefficient (Wildman–Crippen LogP) is 3.15. The van der Waals surface area contributed by atoms with Crippen LogP contribution in [-0.4, -0.2) is 11.5 Å². The quantitative estimate of drug-likeness (QED) is 0.484. The van der Waals surface area contributed by atoms with E-state index in [1.54, 1.807) is 24.3 Å². The monoisotopic (exact) mass is 258 g/mol. The van der Waals surface area contributed by atoms with Crippen molar-refractivity contribution in [2.24, 2.45) is 5.92 Å². The third-order valence-corrected chi connectivity index (χ3v) is 2.37. The molecule has 0 unspecified atom stereocenters. The molecule has 0 bridgehead atoms. The van der Waals surface area contributed by atoms with Crippen molar-refractivity contribution in [3.63, 3.8) is 0 Å². The van der Waals surface area contributed by atoms with Crippen LogP contribution < -0.4 is 5.32 Å². The average molecular weight is 259 g/mol. The summed E-state index contributed by atoms with van der Waals surface area (Å²) in [7, 11) is 0. The first kappa shape index (κ1) is 15.9. The Balaban J connectivity index is 0.00000256. The maximum atomic E-state index is 10.4. The van der Waals surface area contributed by atoms with Crippen LogP contribution in [0.4, 0.5) is 5.69 Å². The summed E-state index contributed by atoms with van der Waals surface area (Å²) >= 11 is 0. The Morgan fingerprint density at radius 3 is 2.35 bits per heavy atom. The molecule has 1 rings (SSSR count). The van der Waals surface area contributed by atoms with Crippen molar-refractivity contribution >= 4 is 18.1 Å². The van der Waals surface area contributed by atoms with E-state index in [0.717, 1.165) is 25.1 Å². The van der Waals surface area contributed by atoms with Gasteiger partial charge in [-0.1, -0.05) is 26.0 Å². The highest BCUT2D eigenvalue weighted by molar-refractivity contribution is 5.85. The van der Waals surface area contributed by atoms with E-state index >= 15 is 0 Å². The summed E-state index contributed by atoms with van der Waals surface area (Å²) in [4.78, 5) is 10.1. The lowest BCUT2D eigenvalue weighted by Crippen LogP contribution is -2.16. The van der Waals surface area contributed by atoms with Crippen LogP contribution in [0, 0.1) is 16.0 Å². The molecule has 0 aliphatic heterocycles. The summed E-state index contributed by atoms with van der Waals surface area (Å²) in [5.41, 5.74) is 1.22. The molecule has 0 saturated carbocycles. The van der Waals surface area contributed by atoms with Gasteiger partial charge in [-0.2, -0.15) is 0 Å². The molecule has 96 valence electrons. The third kappa shape index (κ3) is 6.24. The van der Waals surface area contributed by atoms with Gasteiger partial charge in [0, 0.05) is 18.7 Å². The standard InChI is InChI=1S/C12H18N2O2.ClH/c1-10(2)7-8-13-9-11-3-5-12(6-4-11)14(15)16;/h3-6,10,13H,7-9H2,1-2H3;1H. The topological polar surface area (TPSA) is 55.2 Å². The van der Waals surface area contributed by atoms with E-state index in [1.165, 1.54) is 0 Å². The largest absolute Gasteiger partial charge is 0.313 e. The van der Waals surface area contributed by atoms with Gasteiger partial charge < -0.3 is 5.32 Å². The fourth-order valence-corrected chi connectivity index (χ4v) is 1.36. The molecule has 4 nitrogen and oxygen atoms in total. The molecule has 0 radical (unpaired) electrons. The SMILES string of the molecule is CC(C)CCNCc1ccc([N+](=O)[O-])cc1.Cl. The summed E-state index contributed by atoms with van der Waals surface area (Å²) in [5, 5.41) is 13.7. The van der Waals surface area contributed by atoms with E-state index in [1.807, 2.05) is 0 Å². The first-order valence-corrected chi connectivity index (χ1v) is 5.53. The maximum absolute atomic E-state index is 10.4. The fourth-order valence-electron chi connectivity index (χ4n) is 1.36. The zero-order chi connectivity index (χ0) is 12.0. The second kappa shape index (κ2) is 8.03. The maximum Gasteiger partial charge on any atom is 0.269 e. The van der Waals surface area contributed by atoms with E-state index in [0.29, 0.717) is 5.92 Å². The molecule has 0 aliphatic rings. The van der Waals surface area contributed by atoms with E-state index < -0.39 is 0 Å². The minimum absolute atomic E-state index is 0. The molecule has 5 heteroatoms. The number of non-ortho nitro benzene ring substituents is 1. The molecule has 0 aromatic heterocycles. The Hall–Kier alpha value is -1.13. The number of benzene rings is 1. The number of hydrogen-bond donors (Lipinski definition) is 1. The lowest BCUT2D eigenvalue weighted by Gasteiger charge is -2.06. The Bertz CT molecular complexity index is 339. The molecular formula is C12H19ClN2O2. The van der Waals surface area contributed by atoms with Crippen LogP contribution in [0.1, 0.15) is 25.8 Å². The molecule has 0 fully saturated rings. The van der Waals surface area contributed by atoms with E-state index in [-0.39, 0.29) is 23.0 Å². The van der Waals surface area contributed by atoms with Gasteiger partial charge in [0.25, 0.3) is 5.69 Å². The number of nitrogens with one attached hydrogen (secondary N) is 1. The predicted molar refractivity (Wildman–Crippen MR) is 71.5 cm³/mol. The Kier molecular flexibility index (Phi) is 7.50. The molecule has 0 atom stereocenters. The fraction of sp³-hybridized carbons (Fsp3) is 0.500. The molecule has 1 aromatic carbocycles. The second-order valence-corrected chi connectivity index (χ2v) is 4.28. The zero-order valence-corrected chi connectivity index (χ0v) is 11.0. The molecule has 17 heavy (non-hydrogen) atoms. The van der Waals surface area contributed by atoms with Crippen molar-refractivity contribution in [1.82, 2.24) is 5.32 Å². The number of nitro groups is 1. The highest BCUT2D eigenvalue weighted by Gasteiger charge is 2.03. The minimum Gasteiger partial charge on any atom is -0.313 e. The summed E-state index contributed by atoms with van der Waals surface area (Å²) < 4.78 is 0. The summed E-state index contributed by atoms with van der Waals surface area (Å²) in [6.45, 7) is 6.13. The van der Waals surface area contributed by atoms with Crippen LogP contribution in [0.2, 0.25) is 0 Å². The van der Waals surface area contributed by atoms with E-state index in [9.17, 15) is 10.1 Å². The van der Waals surface area contributed by atoms with Crippen LogP contribution in [0.5, 0.6) is 0 Å². The lowest BCUT2D eigenvalue weighted by atomic mass is 10.1. The van der Waals surface area contributed by atoms with Crippen molar-refractivity contribution < 1.29 is 4.92 Å². The van der Waals surface area contributed by atoms with Crippen LogP contribution in [0.15, 0.2) is 24.3 Å². The van der Waals surface area contributed by atoms with Crippen molar-refractivity contribution in [2.75, 3.05) is 6.54 Å². The Labute approximate surface area is 108 Å². The highest BCUT2D eigenvalue weighted by atomic mass is 35.5. The Morgan fingerprint density at radius 1 is 1.29 bits per heavy atom. The number of nitro benzene ring substituents is 1. The van der Waals surface area contributed by atoms with Crippen LogP contribution in [0.25, 0.3) is 0 Å². The van der Waals surface area contributed by atoms with Crippen molar-refractivity contribution in [1.29, 1.82) is 0 Å². The Morgan fingerprint density at radius 2 is 1.88 bits per heavy atom.